The number of hydrogen-bond acceptors (Lipinski definition) is 3. The number of aromatic nitrogens is 3. The maximum absolute atomic E-state index is 13.2. The number of amides is 1. The highest BCUT2D eigenvalue weighted by molar-refractivity contribution is 6.33. The molecule has 0 saturated heterocycles. The molecule has 1 N–H and O–H groups in total. The van der Waals surface area contributed by atoms with Gasteiger partial charge in [0.2, 0.25) is 0 Å². The van der Waals surface area contributed by atoms with Crippen molar-refractivity contribution in [2.45, 2.75) is 20.0 Å². The van der Waals surface area contributed by atoms with Gasteiger partial charge in [0.15, 0.2) is 0 Å². The van der Waals surface area contributed by atoms with Gasteiger partial charge in [-0.15, -0.1) is 0 Å². The quantitative estimate of drug-likeness (QED) is 0.411. The normalized spacial score (nSPS) is 10.9. The number of anilines is 1. The Hall–Kier alpha value is -3.42. The van der Waals surface area contributed by atoms with E-state index >= 15 is 0 Å². The van der Waals surface area contributed by atoms with Crippen molar-refractivity contribution in [3.05, 3.63) is 116 Å². The van der Waals surface area contributed by atoms with E-state index in [0.717, 1.165) is 11.1 Å². The minimum absolute atomic E-state index is 0.165. The second kappa shape index (κ2) is 9.60. The number of hydrogen-bond donors (Lipinski definition) is 1. The second-order valence-electron chi connectivity index (χ2n) is 7.46. The zero-order chi connectivity index (χ0) is 23.5. The molecule has 0 saturated carbocycles. The van der Waals surface area contributed by atoms with E-state index in [2.05, 4.69) is 10.4 Å². The Labute approximate surface area is 199 Å². The molecular weight excluding hydrogens is 466 g/mol. The Morgan fingerprint density at radius 1 is 1.03 bits per heavy atom. The van der Waals surface area contributed by atoms with Crippen LogP contribution in [0.1, 0.15) is 27.2 Å². The molecule has 168 valence electrons. The van der Waals surface area contributed by atoms with Crippen LogP contribution in [-0.2, 0) is 13.1 Å². The molecule has 0 aliphatic rings. The fourth-order valence-corrected chi connectivity index (χ4v) is 3.93. The molecule has 4 rings (SSSR count). The van der Waals surface area contributed by atoms with Crippen LogP contribution in [0.4, 0.5) is 10.1 Å². The molecule has 0 aliphatic carbocycles. The molecule has 4 aromatic rings. The average Bonchev–Trinajstić information content (AvgIpc) is 3.06. The molecule has 0 bridgehead atoms. The fraction of sp³-hybridized carbons (Fsp3) is 0.125. The molecule has 2 aromatic heterocycles. The first kappa shape index (κ1) is 22.8. The molecular formula is C24H19Cl2FN4O2. The number of aryl methyl sites for hydroxylation is 1. The highest BCUT2D eigenvalue weighted by Gasteiger charge is 2.21. The smallest absolute Gasteiger partial charge is 0.260 e. The van der Waals surface area contributed by atoms with E-state index in [1.807, 2.05) is 18.2 Å². The summed E-state index contributed by atoms with van der Waals surface area (Å²) in [5, 5.41) is 7.84. The van der Waals surface area contributed by atoms with Crippen molar-refractivity contribution < 1.29 is 9.18 Å². The summed E-state index contributed by atoms with van der Waals surface area (Å²) < 4.78 is 16.1. The van der Waals surface area contributed by atoms with Crippen molar-refractivity contribution in [2.75, 3.05) is 5.32 Å². The van der Waals surface area contributed by atoms with E-state index < -0.39 is 5.91 Å². The van der Waals surface area contributed by atoms with E-state index in [1.54, 1.807) is 31.3 Å². The van der Waals surface area contributed by atoms with Crippen molar-refractivity contribution in [1.29, 1.82) is 0 Å². The van der Waals surface area contributed by atoms with Crippen molar-refractivity contribution >= 4 is 34.8 Å². The van der Waals surface area contributed by atoms with Gasteiger partial charge in [-0.2, -0.15) is 5.10 Å². The lowest BCUT2D eigenvalue weighted by Gasteiger charge is -2.11. The van der Waals surface area contributed by atoms with Crippen LogP contribution in [0.3, 0.4) is 0 Å². The van der Waals surface area contributed by atoms with Gasteiger partial charge in [0.05, 0.1) is 30.0 Å². The van der Waals surface area contributed by atoms with E-state index in [4.69, 9.17) is 23.2 Å². The van der Waals surface area contributed by atoms with Crippen molar-refractivity contribution in [3.63, 3.8) is 0 Å². The van der Waals surface area contributed by atoms with Crippen LogP contribution >= 0.6 is 23.2 Å². The average molecular weight is 485 g/mol. The summed E-state index contributed by atoms with van der Waals surface area (Å²) >= 11 is 12.7. The van der Waals surface area contributed by atoms with Crippen molar-refractivity contribution in [2.24, 2.45) is 0 Å². The maximum atomic E-state index is 13.2. The lowest BCUT2D eigenvalue weighted by Crippen LogP contribution is -2.21. The van der Waals surface area contributed by atoms with Crippen molar-refractivity contribution in [3.8, 4) is 0 Å². The number of nitrogens with one attached hydrogen (secondary N) is 1. The Bertz CT molecular complexity index is 1380. The second-order valence-corrected chi connectivity index (χ2v) is 8.23. The van der Waals surface area contributed by atoms with Crippen LogP contribution in [-0.4, -0.2) is 20.3 Å². The lowest BCUT2D eigenvalue weighted by molar-refractivity contribution is 0.102. The molecule has 0 spiro atoms. The summed E-state index contributed by atoms with van der Waals surface area (Å²) in [5.41, 5.74) is 2.44. The summed E-state index contributed by atoms with van der Waals surface area (Å²) in [5.74, 6) is -0.789. The number of rotatable bonds is 6. The minimum atomic E-state index is -0.453. The first-order valence-electron chi connectivity index (χ1n) is 10.0. The highest BCUT2D eigenvalue weighted by atomic mass is 35.5. The first-order valence-corrected chi connectivity index (χ1v) is 10.8. The third-order valence-corrected chi connectivity index (χ3v) is 5.83. The maximum Gasteiger partial charge on any atom is 0.260 e. The van der Waals surface area contributed by atoms with Gasteiger partial charge in [-0.3, -0.25) is 9.59 Å². The molecule has 0 unspecified atom stereocenters. The molecule has 1 amide bonds. The zero-order valence-corrected chi connectivity index (χ0v) is 19.1. The van der Waals surface area contributed by atoms with Crippen molar-refractivity contribution in [1.82, 2.24) is 14.3 Å². The molecule has 0 fully saturated rings. The van der Waals surface area contributed by atoms with Crippen LogP contribution in [0.2, 0.25) is 10.2 Å². The summed E-state index contributed by atoms with van der Waals surface area (Å²) in [6.07, 6.45) is 1.55. The molecule has 6 nitrogen and oxygen atoms in total. The first-order chi connectivity index (χ1) is 15.8. The largest absolute Gasteiger partial charge is 0.321 e. The molecule has 0 atom stereocenters. The Morgan fingerprint density at radius 2 is 1.76 bits per heavy atom. The van der Waals surface area contributed by atoms with Crippen LogP contribution in [0.25, 0.3) is 0 Å². The molecule has 33 heavy (non-hydrogen) atoms. The predicted octanol–water partition coefficient (Wildman–Crippen LogP) is 5.15. The Kier molecular flexibility index (Phi) is 6.62. The van der Waals surface area contributed by atoms with Gasteiger partial charge in [0.25, 0.3) is 11.5 Å². The summed E-state index contributed by atoms with van der Waals surface area (Å²) in [4.78, 5) is 25.3. The van der Waals surface area contributed by atoms with Gasteiger partial charge in [-0.1, -0.05) is 53.5 Å². The monoisotopic (exact) mass is 484 g/mol. The van der Waals surface area contributed by atoms with E-state index in [-0.39, 0.29) is 35.2 Å². The summed E-state index contributed by atoms with van der Waals surface area (Å²) in [6, 6.07) is 16.1. The molecule has 0 aliphatic heterocycles. The molecule has 2 heterocycles. The van der Waals surface area contributed by atoms with E-state index in [9.17, 15) is 14.0 Å². The topological polar surface area (TPSA) is 68.9 Å². The number of nitrogens with zero attached hydrogens (tertiary/aromatic N) is 3. The van der Waals surface area contributed by atoms with Crippen LogP contribution in [0, 0.1) is 12.7 Å². The number of pyridine rings is 1. The zero-order valence-electron chi connectivity index (χ0n) is 17.6. The Balaban J connectivity index is 1.55. The molecule has 9 heteroatoms. The van der Waals surface area contributed by atoms with Gasteiger partial charge < -0.3 is 9.88 Å². The number of halogens is 3. The van der Waals surface area contributed by atoms with Gasteiger partial charge >= 0.3 is 0 Å². The van der Waals surface area contributed by atoms with Crippen LogP contribution in [0.5, 0.6) is 0 Å². The number of carbonyl (C=O) groups is 1. The van der Waals surface area contributed by atoms with Gasteiger partial charge in [0.1, 0.15) is 11.0 Å². The van der Waals surface area contributed by atoms with Gasteiger partial charge in [-0.05, 0) is 42.3 Å². The SMILES string of the molecule is Cc1nn(Cc2ccc(F)cc2)c(Cl)c1C(=O)Nc1ccc(=O)n(Cc2ccccc2Cl)c1. The molecule has 0 radical (unpaired) electrons. The lowest BCUT2D eigenvalue weighted by atomic mass is 10.2. The minimum Gasteiger partial charge on any atom is -0.321 e. The van der Waals surface area contributed by atoms with E-state index in [1.165, 1.54) is 33.5 Å². The third kappa shape index (κ3) is 5.16. The Morgan fingerprint density at radius 3 is 2.48 bits per heavy atom. The van der Waals surface area contributed by atoms with Crippen LogP contribution in [0.15, 0.2) is 71.7 Å². The summed E-state index contributed by atoms with van der Waals surface area (Å²) in [6.45, 7) is 2.23. The number of carbonyl (C=O) groups excluding carboxylic acids is 1. The van der Waals surface area contributed by atoms with Gasteiger partial charge in [0, 0.05) is 17.3 Å². The standard InChI is InChI=1S/C24H19Cl2FN4O2/c1-15-22(23(26)31(29-15)12-16-6-8-18(27)9-7-16)24(33)28-19-10-11-21(32)30(14-19)13-17-4-2-3-5-20(17)25/h2-11,14H,12-13H2,1H3,(H,28,33). The van der Waals surface area contributed by atoms with E-state index in [0.29, 0.717) is 16.4 Å². The number of benzene rings is 2. The summed E-state index contributed by atoms with van der Waals surface area (Å²) in [7, 11) is 0. The third-order valence-electron chi connectivity index (χ3n) is 5.08. The van der Waals surface area contributed by atoms with Crippen LogP contribution < -0.4 is 10.9 Å². The highest BCUT2D eigenvalue weighted by Crippen LogP contribution is 2.23. The predicted molar refractivity (Wildman–Crippen MR) is 127 cm³/mol. The molecule has 2 aromatic carbocycles. The fourth-order valence-electron chi connectivity index (χ4n) is 3.41. The van der Waals surface area contributed by atoms with Gasteiger partial charge in [-0.25, -0.2) is 9.07 Å².